The van der Waals surface area contributed by atoms with Gasteiger partial charge in [0.25, 0.3) is 0 Å². The van der Waals surface area contributed by atoms with Gasteiger partial charge in [0, 0.05) is 35.3 Å². The van der Waals surface area contributed by atoms with E-state index < -0.39 is 12.5 Å². The van der Waals surface area contributed by atoms with Crippen LogP contribution in [0.25, 0.3) is 0 Å². The lowest BCUT2D eigenvalue weighted by Gasteiger charge is -2.37. The Morgan fingerprint density at radius 1 is 1.23 bits per heavy atom. The highest BCUT2D eigenvalue weighted by Crippen LogP contribution is 2.51. The lowest BCUT2D eigenvalue weighted by atomic mass is 9.63. The van der Waals surface area contributed by atoms with Gasteiger partial charge in [-0.3, -0.25) is 4.79 Å². The maximum Gasteiger partial charge on any atom is 0.496 e. The Labute approximate surface area is 129 Å². The molecule has 0 radical (unpaired) electrons. The maximum atomic E-state index is 15.1. The third-order valence-corrected chi connectivity index (χ3v) is 5.05. The average molecular weight is 303 g/mol. The number of hydrogen-bond donors (Lipinski definition) is 1. The van der Waals surface area contributed by atoms with Crippen LogP contribution < -0.4 is 10.8 Å². The first-order chi connectivity index (χ1) is 10.4. The van der Waals surface area contributed by atoms with Gasteiger partial charge in [0.1, 0.15) is 5.82 Å². The Kier molecular flexibility index (Phi) is 2.94. The van der Waals surface area contributed by atoms with E-state index in [-0.39, 0.29) is 17.1 Å². The molecule has 1 N–H and O–H groups in total. The monoisotopic (exact) mass is 303 g/mol. The van der Waals surface area contributed by atoms with Gasteiger partial charge in [0.15, 0.2) is 0 Å². The fourth-order valence-electron chi connectivity index (χ4n) is 3.58. The van der Waals surface area contributed by atoms with Gasteiger partial charge in [-0.25, -0.2) is 4.39 Å². The molecule has 2 aliphatic heterocycles. The quantitative estimate of drug-likeness (QED) is 0.807. The average Bonchev–Trinajstić information content (AvgIpc) is 2.73. The van der Waals surface area contributed by atoms with E-state index in [0.29, 0.717) is 42.8 Å². The zero-order valence-electron chi connectivity index (χ0n) is 12.9. The molecule has 2 heterocycles. The molecule has 1 amide bonds. The van der Waals surface area contributed by atoms with E-state index in [2.05, 4.69) is 5.32 Å². The molecule has 1 saturated heterocycles. The molecule has 4 rings (SSSR count). The summed E-state index contributed by atoms with van der Waals surface area (Å²) >= 11 is 0. The van der Waals surface area contributed by atoms with Crippen molar-refractivity contribution in [3.8, 4) is 0 Å². The fraction of sp³-hybridized carbons (Fsp3) is 0.562. The van der Waals surface area contributed by atoms with Gasteiger partial charge in [-0.05, 0) is 18.9 Å². The van der Waals surface area contributed by atoms with Gasteiger partial charge < -0.3 is 14.6 Å². The number of amides is 1. The molecule has 22 heavy (non-hydrogen) atoms. The summed E-state index contributed by atoms with van der Waals surface area (Å²) in [5.41, 5.74) is 0.789. The van der Waals surface area contributed by atoms with Crippen molar-refractivity contribution in [3.63, 3.8) is 0 Å². The third-order valence-electron chi connectivity index (χ3n) is 5.05. The van der Waals surface area contributed by atoms with E-state index in [0.717, 1.165) is 6.42 Å². The summed E-state index contributed by atoms with van der Waals surface area (Å²) in [6.07, 6.45) is 2.39. The van der Waals surface area contributed by atoms with Crippen LogP contribution in [-0.2, 0) is 19.5 Å². The molecule has 0 unspecified atom stereocenters. The van der Waals surface area contributed by atoms with Gasteiger partial charge in [0.05, 0.1) is 5.41 Å². The first kappa shape index (κ1) is 14.2. The summed E-state index contributed by atoms with van der Waals surface area (Å²) in [4.78, 5) is 12.2. The number of nitrogens with one attached hydrogen (secondary N) is 1. The fourth-order valence-corrected chi connectivity index (χ4v) is 3.58. The Morgan fingerprint density at radius 2 is 1.91 bits per heavy atom. The number of benzene rings is 1. The van der Waals surface area contributed by atoms with E-state index in [1.807, 2.05) is 13.8 Å². The first-order valence-electron chi connectivity index (χ1n) is 7.81. The lowest BCUT2D eigenvalue weighted by molar-refractivity contribution is -0.123. The van der Waals surface area contributed by atoms with Gasteiger partial charge in [-0.2, -0.15) is 0 Å². The molecular formula is C16H19BFNO3. The smallest absolute Gasteiger partial charge is 0.407 e. The number of rotatable bonds is 1. The molecule has 1 aromatic carbocycles. The van der Waals surface area contributed by atoms with Crippen molar-refractivity contribution < 1.29 is 18.5 Å². The van der Waals surface area contributed by atoms with Crippen LogP contribution in [0.4, 0.5) is 10.1 Å². The highest BCUT2D eigenvalue weighted by atomic mass is 19.1. The van der Waals surface area contributed by atoms with E-state index in [9.17, 15) is 4.79 Å². The summed E-state index contributed by atoms with van der Waals surface area (Å²) in [7, 11) is -0.689. The predicted molar refractivity (Wildman–Crippen MR) is 81.6 cm³/mol. The molecule has 0 bridgehead atoms. The maximum absolute atomic E-state index is 15.1. The minimum atomic E-state index is -0.689. The van der Waals surface area contributed by atoms with Crippen LogP contribution in [-0.4, -0.2) is 26.2 Å². The summed E-state index contributed by atoms with van der Waals surface area (Å²) in [6, 6.07) is 3.43. The molecule has 0 aromatic heterocycles. The molecule has 2 fully saturated rings. The number of fused-ring (bicyclic) bond motifs is 2. The number of hydrogen-bond acceptors (Lipinski definition) is 3. The highest BCUT2D eigenvalue weighted by Gasteiger charge is 2.53. The van der Waals surface area contributed by atoms with Crippen LogP contribution in [0.3, 0.4) is 0 Å². The number of halogens is 1. The van der Waals surface area contributed by atoms with Gasteiger partial charge in [0.2, 0.25) is 5.91 Å². The van der Waals surface area contributed by atoms with Gasteiger partial charge >= 0.3 is 7.12 Å². The molecule has 1 aliphatic carbocycles. The van der Waals surface area contributed by atoms with E-state index in [4.69, 9.17) is 9.31 Å². The summed E-state index contributed by atoms with van der Waals surface area (Å²) in [5, 5.41) is 2.81. The topological polar surface area (TPSA) is 47.6 Å². The van der Waals surface area contributed by atoms with Crippen molar-refractivity contribution >= 4 is 24.2 Å². The zero-order chi connectivity index (χ0) is 15.5. The van der Waals surface area contributed by atoms with Crippen molar-refractivity contribution in [2.75, 3.05) is 18.5 Å². The van der Waals surface area contributed by atoms with Gasteiger partial charge in [-0.15, -0.1) is 0 Å². The van der Waals surface area contributed by atoms with Crippen LogP contribution >= 0.6 is 0 Å². The number of carbonyl (C=O) groups excluding carboxylic acids is 1. The van der Waals surface area contributed by atoms with Crippen molar-refractivity contribution in [2.45, 2.75) is 38.5 Å². The molecule has 1 spiro atoms. The van der Waals surface area contributed by atoms with Crippen LogP contribution in [0.2, 0.25) is 0 Å². The lowest BCUT2D eigenvalue weighted by Crippen LogP contribution is -2.49. The second-order valence-electron chi connectivity index (χ2n) is 7.40. The molecule has 4 nitrogen and oxygen atoms in total. The number of carbonyl (C=O) groups is 1. The summed E-state index contributed by atoms with van der Waals surface area (Å²) in [5.74, 6) is -0.420. The third kappa shape index (κ3) is 1.86. The minimum Gasteiger partial charge on any atom is -0.407 e. The van der Waals surface area contributed by atoms with E-state index >= 15 is 4.39 Å². The van der Waals surface area contributed by atoms with Crippen LogP contribution in [0.15, 0.2) is 12.1 Å². The summed E-state index contributed by atoms with van der Waals surface area (Å²) < 4.78 is 26.5. The second kappa shape index (κ2) is 4.55. The van der Waals surface area contributed by atoms with Crippen molar-refractivity contribution in [1.82, 2.24) is 0 Å². The Bertz CT molecular complexity index is 647. The normalized spacial score (nSPS) is 24.9. The molecule has 1 aromatic rings. The molecule has 6 heteroatoms. The molecule has 1 saturated carbocycles. The van der Waals surface area contributed by atoms with Crippen molar-refractivity contribution in [2.24, 2.45) is 5.41 Å². The van der Waals surface area contributed by atoms with E-state index in [1.165, 1.54) is 0 Å². The molecule has 3 aliphatic rings. The largest absolute Gasteiger partial charge is 0.496 e. The minimum absolute atomic E-state index is 0.0591. The molecule has 0 atom stereocenters. The molecule has 116 valence electrons. The Balaban J connectivity index is 1.71. The van der Waals surface area contributed by atoms with E-state index in [1.54, 1.807) is 12.1 Å². The predicted octanol–water partition coefficient (Wildman–Crippen LogP) is 1.97. The summed E-state index contributed by atoms with van der Waals surface area (Å²) in [6.45, 7) is 5.15. The van der Waals surface area contributed by atoms with Crippen LogP contribution in [0.5, 0.6) is 0 Å². The Morgan fingerprint density at radius 3 is 2.50 bits per heavy atom. The number of anilines is 1. The second-order valence-corrected chi connectivity index (χ2v) is 7.40. The van der Waals surface area contributed by atoms with Gasteiger partial charge in [-0.1, -0.05) is 26.3 Å². The van der Waals surface area contributed by atoms with Crippen LogP contribution in [0, 0.1) is 11.2 Å². The highest BCUT2D eigenvalue weighted by molar-refractivity contribution is 6.61. The standard InChI is InChI=1S/C16H19BFNO3/c1-15(2)8-21-17(22-9-15)10-4-5-11-12(13(10)18)16(6-3-7-16)14(20)19-11/h4-5H,3,6-9H2,1-2H3,(H,19,20). The van der Waals surface area contributed by atoms with Crippen molar-refractivity contribution in [1.29, 1.82) is 0 Å². The first-order valence-corrected chi connectivity index (χ1v) is 7.81. The SMILES string of the molecule is CC1(C)COB(c2ccc3c(c2F)C2(CCC2)C(=O)N3)OC1. The zero-order valence-corrected chi connectivity index (χ0v) is 12.9. The molecular weight excluding hydrogens is 284 g/mol. The Hall–Kier alpha value is -1.40. The van der Waals surface area contributed by atoms with Crippen LogP contribution in [0.1, 0.15) is 38.7 Å². The van der Waals surface area contributed by atoms with Crippen molar-refractivity contribution in [3.05, 3.63) is 23.5 Å².